The molecule has 3 aromatic rings. The fourth-order valence-corrected chi connectivity index (χ4v) is 3.82. The number of anilines is 1. The Bertz CT molecular complexity index is 952. The van der Waals surface area contributed by atoms with Gasteiger partial charge < -0.3 is 5.73 Å². The van der Waals surface area contributed by atoms with Gasteiger partial charge in [0, 0.05) is 48.6 Å². The predicted octanol–water partition coefficient (Wildman–Crippen LogP) is 2.60. The SMILES string of the molecule is C=Cn1ncc(CN2CCC[C@@H](c3cc(N)n4nc(C)cc4n3)C2)c1C. The Labute approximate surface area is 153 Å². The topological polar surface area (TPSA) is 77.3 Å². The lowest BCUT2D eigenvalue weighted by Gasteiger charge is -2.32. The zero-order valence-corrected chi connectivity index (χ0v) is 15.4. The van der Waals surface area contributed by atoms with Gasteiger partial charge in [0.1, 0.15) is 5.82 Å². The van der Waals surface area contributed by atoms with Gasteiger partial charge in [-0.3, -0.25) is 4.90 Å². The summed E-state index contributed by atoms with van der Waals surface area (Å²) < 4.78 is 3.54. The number of aryl methyl sites for hydroxylation is 1. The van der Waals surface area contributed by atoms with E-state index in [0.29, 0.717) is 11.7 Å². The first kappa shape index (κ1) is 16.8. The van der Waals surface area contributed by atoms with E-state index in [2.05, 4.69) is 28.6 Å². The Balaban J connectivity index is 1.54. The Morgan fingerprint density at radius 3 is 2.96 bits per heavy atom. The number of nitrogens with zero attached hydrogens (tertiary/aromatic N) is 6. The largest absolute Gasteiger partial charge is 0.384 e. The first-order valence-corrected chi connectivity index (χ1v) is 9.06. The number of likely N-dealkylation sites (tertiary alicyclic amines) is 1. The molecular formula is C19H25N7. The molecule has 0 bridgehead atoms. The smallest absolute Gasteiger partial charge is 0.157 e. The molecule has 0 amide bonds. The molecule has 3 aromatic heterocycles. The molecule has 7 nitrogen and oxygen atoms in total. The molecule has 4 heterocycles. The van der Waals surface area contributed by atoms with E-state index in [1.54, 1.807) is 10.7 Å². The van der Waals surface area contributed by atoms with Crippen molar-refractivity contribution in [1.29, 1.82) is 0 Å². The van der Waals surface area contributed by atoms with Gasteiger partial charge in [0.25, 0.3) is 0 Å². The maximum atomic E-state index is 6.20. The fraction of sp³-hybridized carbons (Fsp3) is 0.421. The van der Waals surface area contributed by atoms with E-state index >= 15 is 0 Å². The van der Waals surface area contributed by atoms with Gasteiger partial charge in [0.2, 0.25) is 0 Å². The van der Waals surface area contributed by atoms with Crippen LogP contribution in [0.3, 0.4) is 0 Å². The molecule has 1 aliphatic rings. The Morgan fingerprint density at radius 1 is 1.35 bits per heavy atom. The van der Waals surface area contributed by atoms with Crippen molar-refractivity contribution in [2.45, 2.75) is 39.2 Å². The molecule has 136 valence electrons. The van der Waals surface area contributed by atoms with Crippen LogP contribution in [0.1, 0.15) is 41.4 Å². The maximum absolute atomic E-state index is 6.20. The Morgan fingerprint density at radius 2 is 2.19 bits per heavy atom. The molecule has 26 heavy (non-hydrogen) atoms. The van der Waals surface area contributed by atoms with Crippen LogP contribution >= 0.6 is 0 Å². The summed E-state index contributed by atoms with van der Waals surface area (Å²) in [5, 5.41) is 8.75. The third-order valence-corrected chi connectivity index (χ3v) is 5.23. The molecule has 0 aromatic carbocycles. The van der Waals surface area contributed by atoms with Crippen LogP contribution in [0.2, 0.25) is 0 Å². The molecule has 7 heteroatoms. The van der Waals surface area contributed by atoms with E-state index < -0.39 is 0 Å². The molecule has 1 atom stereocenters. The van der Waals surface area contributed by atoms with Gasteiger partial charge in [0.15, 0.2) is 5.65 Å². The van der Waals surface area contributed by atoms with Crippen molar-refractivity contribution in [3.8, 4) is 0 Å². The van der Waals surface area contributed by atoms with E-state index in [0.717, 1.165) is 55.2 Å². The van der Waals surface area contributed by atoms with Crippen molar-refractivity contribution in [3.63, 3.8) is 0 Å². The van der Waals surface area contributed by atoms with E-state index in [1.807, 2.05) is 29.9 Å². The highest BCUT2D eigenvalue weighted by molar-refractivity contribution is 5.48. The second-order valence-corrected chi connectivity index (χ2v) is 7.12. The number of rotatable bonds is 4. The van der Waals surface area contributed by atoms with Crippen molar-refractivity contribution in [2.24, 2.45) is 0 Å². The molecule has 1 saturated heterocycles. The summed E-state index contributed by atoms with van der Waals surface area (Å²) in [5.41, 5.74) is 11.4. The summed E-state index contributed by atoms with van der Waals surface area (Å²) >= 11 is 0. The van der Waals surface area contributed by atoms with Gasteiger partial charge in [-0.2, -0.15) is 14.7 Å². The number of hydrogen-bond acceptors (Lipinski definition) is 5. The third kappa shape index (κ3) is 2.99. The third-order valence-electron chi connectivity index (χ3n) is 5.23. The minimum Gasteiger partial charge on any atom is -0.384 e. The summed E-state index contributed by atoms with van der Waals surface area (Å²) in [4.78, 5) is 7.30. The van der Waals surface area contributed by atoms with Crippen molar-refractivity contribution >= 4 is 17.7 Å². The van der Waals surface area contributed by atoms with Crippen LogP contribution in [-0.4, -0.2) is 42.4 Å². The minimum atomic E-state index is 0.390. The summed E-state index contributed by atoms with van der Waals surface area (Å²) in [6.07, 6.45) is 5.98. The van der Waals surface area contributed by atoms with Crippen molar-refractivity contribution < 1.29 is 0 Å². The highest BCUT2D eigenvalue weighted by atomic mass is 15.3. The normalized spacial score (nSPS) is 18.5. The molecule has 2 N–H and O–H groups in total. The zero-order chi connectivity index (χ0) is 18.3. The number of piperidine rings is 1. The van der Waals surface area contributed by atoms with Crippen molar-refractivity contribution in [2.75, 3.05) is 18.8 Å². The average Bonchev–Trinajstić information content (AvgIpc) is 3.18. The van der Waals surface area contributed by atoms with Gasteiger partial charge in [-0.15, -0.1) is 0 Å². The van der Waals surface area contributed by atoms with E-state index in [9.17, 15) is 0 Å². The lowest BCUT2D eigenvalue weighted by Crippen LogP contribution is -2.34. The fourth-order valence-electron chi connectivity index (χ4n) is 3.82. The van der Waals surface area contributed by atoms with Crippen LogP contribution in [0, 0.1) is 13.8 Å². The molecule has 0 radical (unpaired) electrons. The van der Waals surface area contributed by atoms with Crippen LogP contribution in [0.15, 0.2) is 24.9 Å². The summed E-state index contributed by atoms with van der Waals surface area (Å²) in [6, 6.07) is 3.96. The van der Waals surface area contributed by atoms with Crippen molar-refractivity contribution in [3.05, 3.63) is 47.6 Å². The first-order chi connectivity index (χ1) is 12.5. The van der Waals surface area contributed by atoms with Gasteiger partial charge in [0.05, 0.1) is 17.6 Å². The Hall–Kier alpha value is -2.67. The molecule has 0 saturated carbocycles. The van der Waals surface area contributed by atoms with E-state index in [1.165, 1.54) is 5.56 Å². The predicted molar refractivity (Wildman–Crippen MR) is 103 cm³/mol. The standard InChI is InChI=1S/C19H25N7/c1-4-25-14(3)16(10-21-25)12-24-7-5-6-15(11-24)17-9-18(20)26-19(22-17)8-13(2)23-26/h4,8-10,15H,1,5-7,11-12,20H2,2-3H3/t15-/m1/s1. The highest BCUT2D eigenvalue weighted by Crippen LogP contribution is 2.28. The summed E-state index contributed by atoms with van der Waals surface area (Å²) in [7, 11) is 0. The quantitative estimate of drug-likeness (QED) is 0.782. The second-order valence-electron chi connectivity index (χ2n) is 7.12. The van der Waals surface area contributed by atoms with Gasteiger partial charge in [-0.05, 0) is 33.2 Å². The molecular weight excluding hydrogens is 326 g/mol. The number of nitrogens with two attached hydrogens (primary N) is 1. The molecule has 0 unspecified atom stereocenters. The Kier molecular flexibility index (Phi) is 4.24. The highest BCUT2D eigenvalue weighted by Gasteiger charge is 2.24. The van der Waals surface area contributed by atoms with E-state index in [-0.39, 0.29) is 0 Å². The monoisotopic (exact) mass is 351 g/mol. The summed E-state index contributed by atoms with van der Waals surface area (Å²) in [5.74, 6) is 1.04. The molecule has 1 fully saturated rings. The van der Waals surface area contributed by atoms with Crippen LogP contribution in [0.25, 0.3) is 11.8 Å². The van der Waals surface area contributed by atoms with E-state index in [4.69, 9.17) is 10.7 Å². The van der Waals surface area contributed by atoms with Crippen LogP contribution in [0.4, 0.5) is 5.82 Å². The minimum absolute atomic E-state index is 0.390. The van der Waals surface area contributed by atoms with Crippen LogP contribution in [-0.2, 0) is 6.54 Å². The number of aromatic nitrogens is 5. The zero-order valence-electron chi connectivity index (χ0n) is 15.4. The first-order valence-electron chi connectivity index (χ1n) is 9.06. The number of nitrogen functional groups attached to an aromatic ring is 1. The number of fused-ring (bicyclic) bond motifs is 1. The van der Waals surface area contributed by atoms with Crippen molar-refractivity contribution in [1.82, 2.24) is 29.3 Å². The van der Waals surface area contributed by atoms with Gasteiger partial charge >= 0.3 is 0 Å². The molecule has 4 rings (SSSR count). The average molecular weight is 351 g/mol. The molecule has 1 aliphatic heterocycles. The molecule has 0 aliphatic carbocycles. The van der Waals surface area contributed by atoms with Gasteiger partial charge in [-0.25, -0.2) is 9.67 Å². The molecule has 0 spiro atoms. The van der Waals surface area contributed by atoms with Crippen LogP contribution in [0.5, 0.6) is 0 Å². The van der Waals surface area contributed by atoms with Crippen LogP contribution < -0.4 is 5.73 Å². The van der Waals surface area contributed by atoms with Gasteiger partial charge in [-0.1, -0.05) is 6.58 Å². The lowest BCUT2D eigenvalue weighted by atomic mass is 9.94. The lowest BCUT2D eigenvalue weighted by molar-refractivity contribution is 0.198. The maximum Gasteiger partial charge on any atom is 0.157 e. The summed E-state index contributed by atoms with van der Waals surface area (Å²) in [6.45, 7) is 10.8. The number of hydrogen-bond donors (Lipinski definition) is 1. The second kappa shape index (κ2) is 6.57.